The van der Waals surface area contributed by atoms with Crippen molar-refractivity contribution in [3.63, 3.8) is 0 Å². The number of rotatable bonds is 7. The lowest BCUT2D eigenvalue weighted by molar-refractivity contribution is -0.119. The van der Waals surface area contributed by atoms with Crippen molar-refractivity contribution in [3.05, 3.63) is 47.5 Å². The highest BCUT2D eigenvalue weighted by Crippen LogP contribution is 2.26. The van der Waals surface area contributed by atoms with Gasteiger partial charge in [-0.2, -0.15) is 0 Å². The normalized spacial score (nSPS) is 12.3. The van der Waals surface area contributed by atoms with Crippen molar-refractivity contribution in [1.29, 1.82) is 0 Å². The largest absolute Gasteiger partial charge is 0.505 e. The van der Waals surface area contributed by atoms with E-state index in [-0.39, 0.29) is 34.7 Å². The van der Waals surface area contributed by atoms with Crippen molar-refractivity contribution in [2.75, 3.05) is 0 Å². The molecule has 6 heteroatoms. The molecule has 0 amide bonds. The van der Waals surface area contributed by atoms with Gasteiger partial charge in [-0.3, -0.25) is 4.79 Å². The third-order valence-corrected chi connectivity index (χ3v) is 4.48. The summed E-state index contributed by atoms with van der Waals surface area (Å²) in [5, 5.41) is 37.9. The first-order chi connectivity index (χ1) is 12.3. The minimum Gasteiger partial charge on any atom is -0.505 e. The van der Waals surface area contributed by atoms with E-state index in [4.69, 9.17) is 0 Å². The van der Waals surface area contributed by atoms with E-state index in [1.165, 1.54) is 18.2 Å². The SMILES string of the molecule is CC(/C=C/c1ccc(O)c(O)c1)CC(=O)CCc1cc(O)c(O)[c]([Al])c1. The molecule has 0 bridgehead atoms. The zero-order chi connectivity index (χ0) is 19.3. The number of aromatic hydroxyl groups is 4. The number of benzene rings is 2. The number of carbonyl (C=O) groups excluding carboxylic acids is 1. The molecule has 0 saturated carbocycles. The molecular formula is C20H21AlO5. The van der Waals surface area contributed by atoms with E-state index >= 15 is 0 Å². The highest BCUT2D eigenvalue weighted by Gasteiger charge is 2.10. The van der Waals surface area contributed by atoms with E-state index in [0.717, 1.165) is 11.1 Å². The molecule has 0 spiro atoms. The average Bonchev–Trinajstić information content (AvgIpc) is 2.58. The van der Waals surface area contributed by atoms with Gasteiger partial charge in [0.15, 0.2) is 33.5 Å². The summed E-state index contributed by atoms with van der Waals surface area (Å²) in [6, 6.07) is 7.75. The molecule has 0 aromatic heterocycles. The lowest BCUT2D eigenvalue weighted by Crippen LogP contribution is -2.08. The Labute approximate surface area is 160 Å². The number of aryl methyl sites for hydroxylation is 1. The van der Waals surface area contributed by atoms with Gasteiger partial charge >= 0.3 is 0 Å². The first-order valence-corrected chi connectivity index (χ1v) is 8.86. The van der Waals surface area contributed by atoms with Gasteiger partial charge in [0.1, 0.15) is 11.5 Å². The van der Waals surface area contributed by atoms with E-state index in [2.05, 4.69) is 16.3 Å². The second kappa shape index (κ2) is 8.80. The van der Waals surface area contributed by atoms with Gasteiger partial charge in [-0.15, -0.1) is 0 Å². The van der Waals surface area contributed by atoms with Crippen LogP contribution < -0.4 is 4.43 Å². The molecule has 134 valence electrons. The Bertz CT molecular complexity index is 806. The molecular weight excluding hydrogens is 347 g/mol. The molecule has 0 aliphatic rings. The van der Waals surface area contributed by atoms with E-state index in [1.54, 1.807) is 18.2 Å². The van der Waals surface area contributed by atoms with Gasteiger partial charge in [-0.1, -0.05) is 35.6 Å². The maximum Gasteiger partial charge on any atom is 0.182 e. The van der Waals surface area contributed by atoms with Gasteiger partial charge in [-0.25, -0.2) is 0 Å². The predicted molar refractivity (Wildman–Crippen MR) is 101 cm³/mol. The standard InChI is InChI=1S/C20H21O5.Al/c1-13(2-3-14-5-8-17(22)19(24)11-14)10-16(21)7-4-15-6-9-18(23)20(25)12-15;/h2-3,5-6,8,11-13,22-25H,4,7,10H2,1H3;/b3-2+;. The molecule has 1 atom stereocenters. The number of carbonyl (C=O) groups is 1. The minimum absolute atomic E-state index is 0.0314. The second-order valence-electron chi connectivity index (χ2n) is 6.38. The molecule has 2 aromatic carbocycles. The lowest BCUT2D eigenvalue weighted by Gasteiger charge is -2.09. The predicted octanol–water partition coefficient (Wildman–Crippen LogP) is 2.54. The number of Topliss-reactive ketones (excluding diaryl/α,β-unsaturated/α-hetero) is 1. The number of ketones is 1. The van der Waals surface area contributed by atoms with Crippen LogP contribution in [0.1, 0.15) is 30.9 Å². The highest BCUT2D eigenvalue weighted by molar-refractivity contribution is 6.34. The summed E-state index contributed by atoms with van der Waals surface area (Å²) in [6.45, 7) is 1.93. The Morgan fingerprint density at radius 1 is 1.08 bits per heavy atom. The number of hydrogen-bond donors (Lipinski definition) is 4. The summed E-state index contributed by atoms with van der Waals surface area (Å²) in [7, 11) is 0. The van der Waals surface area contributed by atoms with E-state index in [1.807, 2.05) is 13.0 Å². The average molecular weight is 368 g/mol. The summed E-state index contributed by atoms with van der Waals surface area (Å²) in [5.74, 6) is -0.559. The first-order valence-electron chi connectivity index (χ1n) is 8.28. The fourth-order valence-electron chi connectivity index (χ4n) is 2.58. The van der Waals surface area contributed by atoms with Gasteiger partial charge in [0.25, 0.3) is 0 Å². The summed E-state index contributed by atoms with van der Waals surface area (Å²) in [5.41, 5.74) is 1.54. The van der Waals surface area contributed by atoms with Crippen LogP contribution in [-0.2, 0) is 11.2 Å². The Morgan fingerprint density at radius 2 is 1.81 bits per heavy atom. The maximum atomic E-state index is 12.1. The van der Waals surface area contributed by atoms with E-state index < -0.39 is 0 Å². The molecule has 26 heavy (non-hydrogen) atoms. The zero-order valence-corrected chi connectivity index (χ0v) is 15.7. The van der Waals surface area contributed by atoms with Crippen molar-refractivity contribution in [2.24, 2.45) is 5.92 Å². The van der Waals surface area contributed by atoms with Gasteiger partial charge in [0, 0.05) is 12.8 Å². The van der Waals surface area contributed by atoms with Crippen LogP contribution in [0.4, 0.5) is 0 Å². The van der Waals surface area contributed by atoms with Gasteiger partial charge in [0.2, 0.25) is 0 Å². The maximum absolute atomic E-state index is 12.1. The second-order valence-corrected chi connectivity index (χ2v) is 7.00. The molecule has 0 saturated heterocycles. The Hall–Kier alpha value is -2.42. The quantitative estimate of drug-likeness (QED) is 0.445. The molecule has 0 fully saturated rings. The Balaban J connectivity index is 1.87. The molecule has 2 rings (SSSR count). The number of allylic oxidation sites excluding steroid dienone is 1. The molecule has 0 heterocycles. The highest BCUT2D eigenvalue weighted by atomic mass is 27.0. The van der Waals surface area contributed by atoms with Crippen LogP contribution in [0.5, 0.6) is 23.0 Å². The molecule has 1 unspecified atom stereocenters. The monoisotopic (exact) mass is 368 g/mol. The van der Waals surface area contributed by atoms with Crippen LogP contribution in [0.15, 0.2) is 36.4 Å². The molecule has 2 radical (unpaired) electrons. The van der Waals surface area contributed by atoms with Crippen LogP contribution in [0.25, 0.3) is 6.08 Å². The van der Waals surface area contributed by atoms with Crippen molar-refractivity contribution >= 4 is 32.6 Å². The summed E-state index contributed by atoms with van der Waals surface area (Å²) in [4.78, 5) is 12.1. The summed E-state index contributed by atoms with van der Waals surface area (Å²) >= 11 is 2.35. The van der Waals surface area contributed by atoms with Crippen molar-refractivity contribution < 1.29 is 25.2 Å². The number of phenolic OH excluding ortho intramolecular Hbond substituents is 4. The Kier molecular flexibility index (Phi) is 6.73. The Morgan fingerprint density at radius 3 is 2.46 bits per heavy atom. The van der Waals surface area contributed by atoms with Crippen LogP contribution in [0.3, 0.4) is 0 Å². The lowest BCUT2D eigenvalue weighted by atomic mass is 9.98. The topological polar surface area (TPSA) is 98.0 Å². The minimum atomic E-state index is -0.187. The summed E-state index contributed by atoms with van der Waals surface area (Å²) in [6.07, 6.45) is 4.92. The third-order valence-electron chi connectivity index (χ3n) is 4.04. The molecule has 4 N–H and O–H groups in total. The van der Waals surface area contributed by atoms with E-state index in [9.17, 15) is 25.2 Å². The first kappa shape index (κ1) is 19.9. The van der Waals surface area contributed by atoms with Gasteiger partial charge < -0.3 is 20.4 Å². The molecule has 5 nitrogen and oxygen atoms in total. The summed E-state index contributed by atoms with van der Waals surface area (Å²) < 4.78 is 0.501. The van der Waals surface area contributed by atoms with Crippen LogP contribution in [0, 0.1) is 5.92 Å². The van der Waals surface area contributed by atoms with Gasteiger partial charge in [0.05, 0.1) is 0 Å². The van der Waals surface area contributed by atoms with E-state index in [0.29, 0.717) is 23.7 Å². The van der Waals surface area contributed by atoms with Crippen LogP contribution in [0.2, 0.25) is 0 Å². The fourth-order valence-corrected chi connectivity index (χ4v) is 2.94. The molecule has 0 aliphatic carbocycles. The van der Waals surface area contributed by atoms with Crippen molar-refractivity contribution in [2.45, 2.75) is 26.2 Å². The fraction of sp³-hybridized carbons (Fsp3) is 0.250. The zero-order valence-electron chi connectivity index (χ0n) is 14.5. The molecule has 2 aromatic rings. The van der Waals surface area contributed by atoms with Crippen molar-refractivity contribution in [1.82, 2.24) is 0 Å². The smallest absolute Gasteiger partial charge is 0.182 e. The number of hydrogen-bond acceptors (Lipinski definition) is 5. The van der Waals surface area contributed by atoms with Crippen LogP contribution >= 0.6 is 0 Å². The molecule has 0 aliphatic heterocycles. The van der Waals surface area contributed by atoms with Crippen molar-refractivity contribution in [3.8, 4) is 23.0 Å². The van der Waals surface area contributed by atoms with Crippen LogP contribution in [-0.4, -0.2) is 42.5 Å². The number of phenols is 4. The van der Waals surface area contributed by atoms with Gasteiger partial charge in [-0.05, 0) is 41.7 Å². The third kappa shape index (κ3) is 5.55.